The first-order chi connectivity index (χ1) is 10.6. The van der Waals surface area contributed by atoms with Crippen molar-refractivity contribution in [3.63, 3.8) is 0 Å². The van der Waals surface area contributed by atoms with Gasteiger partial charge in [0.25, 0.3) is 0 Å². The first-order valence-electron chi connectivity index (χ1n) is 7.62. The third-order valence-electron chi connectivity index (χ3n) is 3.39. The third-order valence-corrected chi connectivity index (χ3v) is 3.39. The van der Waals surface area contributed by atoms with Crippen LogP contribution >= 0.6 is 0 Å². The van der Waals surface area contributed by atoms with Gasteiger partial charge in [0.15, 0.2) is 11.5 Å². The zero-order valence-electron chi connectivity index (χ0n) is 13.0. The van der Waals surface area contributed by atoms with E-state index in [1.54, 1.807) is 12.1 Å². The molecule has 0 aliphatic heterocycles. The summed E-state index contributed by atoms with van der Waals surface area (Å²) in [6.07, 6.45) is 3.57. The molecule has 0 saturated carbocycles. The molecule has 0 amide bonds. The highest BCUT2D eigenvalue weighted by molar-refractivity contribution is 5.41. The first kappa shape index (κ1) is 16.0. The number of hydrogen-bond acceptors (Lipinski definition) is 4. The summed E-state index contributed by atoms with van der Waals surface area (Å²) in [6.45, 7) is 4.11. The predicted octanol–water partition coefficient (Wildman–Crippen LogP) is 4.38. The summed E-state index contributed by atoms with van der Waals surface area (Å²) in [6, 6.07) is 10.2. The molecule has 0 atom stereocenters. The lowest BCUT2D eigenvalue weighted by atomic mass is 10.1. The molecule has 22 heavy (non-hydrogen) atoms. The van der Waals surface area contributed by atoms with E-state index in [1.165, 1.54) is 12.1 Å². The van der Waals surface area contributed by atoms with Crippen LogP contribution in [-0.2, 0) is 12.8 Å². The van der Waals surface area contributed by atoms with E-state index in [1.807, 2.05) is 12.1 Å². The summed E-state index contributed by atoms with van der Waals surface area (Å²) in [7, 11) is 0. The monoisotopic (exact) mass is 302 g/mol. The van der Waals surface area contributed by atoms with Crippen LogP contribution in [0, 0.1) is 0 Å². The average Bonchev–Trinajstić information content (AvgIpc) is 2.50. The van der Waals surface area contributed by atoms with Crippen molar-refractivity contribution in [3.8, 4) is 23.0 Å². The molecule has 4 heteroatoms. The van der Waals surface area contributed by atoms with Crippen LogP contribution < -0.4 is 9.78 Å². The molecule has 0 spiro atoms. The Labute approximate surface area is 130 Å². The van der Waals surface area contributed by atoms with Gasteiger partial charge < -0.3 is 10.2 Å². The molecule has 0 fully saturated rings. The number of hydrogen-bond donors (Lipinski definition) is 2. The number of rotatable bonds is 7. The van der Waals surface area contributed by atoms with Crippen LogP contribution in [0.5, 0.6) is 23.0 Å². The second-order valence-corrected chi connectivity index (χ2v) is 5.25. The van der Waals surface area contributed by atoms with E-state index < -0.39 is 0 Å². The van der Waals surface area contributed by atoms with Crippen LogP contribution in [-0.4, -0.2) is 10.2 Å². The number of phenols is 2. The molecule has 2 aromatic carbocycles. The maximum absolute atomic E-state index is 9.88. The Hall–Kier alpha value is -2.36. The van der Waals surface area contributed by atoms with Gasteiger partial charge in [-0.3, -0.25) is 9.78 Å². The quantitative estimate of drug-likeness (QED) is 0.589. The Morgan fingerprint density at radius 2 is 1.14 bits per heavy atom. The van der Waals surface area contributed by atoms with Crippen molar-refractivity contribution < 1.29 is 20.0 Å². The standard InChI is InChI=1S/C18H22O4/c1-3-5-13-7-9-15(11-17(13)19)21-22-16-10-8-14(6-4-2)18(20)12-16/h7-12,19-20H,3-6H2,1-2H3. The smallest absolute Gasteiger partial charge is 0.182 e. The van der Waals surface area contributed by atoms with E-state index in [0.717, 1.165) is 36.8 Å². The fourth-order valence-corrected chi connectivity index (χ4v) is 2.25. The topological polar surface area (TPSA) is 58.9 Å². The summed E-state index contributed by atoms with van der Waals surface area (Å²) in [5.74, 6) is 1.22. The van der Waals surface area contributed by atoms with Crippen LogP contribution in [0.1, 0.15) is 37.8 Å². The van der Waals surface area contributed by atoms with E-state index in [4.69, 9.17) is 9.78 Å². The number of phenolic OH excluding ortho intramolecular Hbond substituents is 2. The largest absolute Gasteiger partial charge is 0.508 e. The lowest BCUT2D eigenvalue weighted by Gasteiger charge is -2.09. The summed E-state index contributed by atoms with van der Waals surface area (Å²) < 4.78 is 0. The Morgan fingerprint density at radius 3 is 1.45 bits per heavy atom. The fourth-order valence-electron chi connectivity index (χ4n) is 2.25. The summed E-state index contributed by atoms with van der Waals surface area (Å²) >= 11 is 0. The molecule has 2 rings (SSSR count). The fraction of sp³-hybridized carbons (Fsp3) is 0.333. The highest BCUT2D eigenvalue weighted by Gasteiger charge is 2.06. The molecule has 2 aromatic rings. The van der Waals surface area contributed by atoms with Gasteiger partial charge in [0.2, 0.25) is 0 Å². The third kappa shape index (κ3) is 4.07. The molecule has 0 aliphatic rings. The van der Waals surface area contributed by atoms with E-state index in [0.29, 0.717) is 11.5 Å². The molecule has 0 radical (unpaired) electrons. The molecule has 0 aromatic heterocycles. The molecule has 0 saturated heterocycles. The van der Waals surface area contributed by atoms with E-state index in [-0.39, 0.29) is 11.5 Å². The Morgan fingerprint density at radius 1 is 0.727 bits per heavy atom. The highest BCUT2D eigenvalue weighted by Crippen LogP contribution is 2.27. The van der Waals surface area contributed by atoms with Crippen molar-refractivity contribution >= 4 is 0 Å². The maximum Gasteiger partial charge on any atom is 0.182 e. The normalized spacial score (nSPS) is 10.5. The van der Waals surface area contributed by atoms with Crippen LogP contribution in [0.4, 0.5) is 0 Å². The Kier molecular flexibility index (Phi) is 5.53. The molecule has 0 unspecified atom stereocenters. The molecule has 2 N–H and O–H groups in total. The van der Waals surface area contributed by atoms with E-state index in [2.05, 4.69) is 13.8 Å². The van der Waals surface area contributed by atoms with Crippen molar-refractivity contribution in [2.75, 3.05) is 0 Å². The average molecular weight is 302 g/mol. The van der Waals surface area contributed by atoms with Crippen molar-refractivity contribution in [1.82, 2.24) is 0 Å². The minimum atomic E-state index is 0.198. The predicted molar refractivity (Wildman–Crippen MR) is 85.5 cm³/mol. The second-order valence-electron chi connectivity index (χ2n) is 5.25. The summed E-state index contributed by atoms with van der Waals surface area (Å²) in [5.41, 5.74) is 1.77. The molecule has 0 aliphatic carbocycles. The first-order valence-corrected chi connectivity index (χ1v) is 7.62. The van der Waals surface area contributed by atoms with Gasteiger partial charge in [-0.15, -0.1) is 0 Å². The van der Waals surface area contributed by atoms with Crippen molar-refractivity contribution in [1.29, 1.82) is 0 Å². The van der Waals surface area contributed by atoms with Gasteiger partial charge in [0.05, 0.1) is 0 Å². The van der Waals surface area contributed by atoms with E-state index in [9.17, 15) is 10.2 Å². The zero-order valence-corrected chi connectivity index (χ0v) is 13.0. The number of benzene rings is 2. The van der Waals surface area contributed by atoms with Gasteiger partial charge in [-0.25, -0.2) is 0 Å². The second kappa shape index (κ2) is 7.59. The summed E-state index contributed by atoms with van der Waals surface area (Å²) in [5, 5.41) is 19.8. The molecular formula is C18H22O4. The van der Waals surface area contributed by atoms with Crippen LogP contribution in [0.3, 0.4) is 0 Å². The molecule has 118 valence electrons. The number of aromatic hydroxyl groups is 2. The zero-order chi connectivity index (χ0) is 15.9. The lowest BCUT2D eigenvalue weighted by Crippen LogP contribution is -2.01. The summed E-state index contributed by atoms with van der Waals surface area (Å²) in [4.78, 5) is 10.4. The Bertz CT molecular complexity index is 567. The minimum Gasteiger partial charge on any atom is -0.508 e. The van der Waals surface area contributed by atoms with E-state index >= 15 is 0 Å². The molecule has 0 bridgehead atoms. The SMILES string of the molecule is CCCc1ccc(OOc2ccc(CCC)c(O)c2)cc1O. The lowest BCUT2D eigenvalue weighted by molar-refractivity contribution is -0.100. The minimum absolute atomic E-state index is 0.198. The van der Waals surface area contributed by atoms with Crippen LogP contribution in [0.15, 0.2) is 36.4 Å². The van der Waals surface area contributed by atoms with Gasteiger partial charge in [0, 0.05) is 12.1 Å². The van der Waals surface area contributed by atoms with Gasteiger partial charge in [0.1, 0.15) is 11.5 Å². The van der Waals surface area contributed by atoms with Crippen molar-refractivity contribution in [3.05, 3.63) is 47.5 Å². The Balaban J connectivity index is 2.01. The maximum atomic E-state index is 9.88. The van der Waals surface area contributed by atoms with Crippen molar-refractivity contribution in [2.45, 2.75) is 39.5 Å². The molecular weight excluding hydrogens is 280 g/mol. The van der Waals surface area contributed by atoms with Crippen LogP contribution in [0.2, 0.25) is 0 Å². The highest BCUT2D eigenvalue weighted by atomic mass is 17.2. The van der Waals surface area contributed by atoms with Gasteiger partial charge in [-0.1, -0.05) is 38.8 Å². The van der Waals surface area contributed by atoms with Gasteiger partial charge >= 0.3 is 0 Å². The molecule has 0 heterocycles. The van der Waals surface area contributed by atoms with Gasteiger partial charge in [-0.05, 0) is 36.1 Å². The van der Waals surface area contributed by atoms with Crippen molar-refractivity contribution in [2.24, 2.45) is 0 Å². The molecule has 4 nitrogen and oxygen atoms in total. The number of aryl methyl sites for hydroxylation is 2. The van der Waals surface area contributed by atoms with Crippen LogP contribution in [0.25, 0.3) is 0 Å². The van der Waals surface area contributed by atoms with Gasteiger partial charge in [-0.2, -0.15) is 0 Å².